The Morgan fingerprint density at radius 2 is 1.69 bits per heavy atom. The average molecular weight is 526 g/mol. The molecule has 0 bridgehead atoms. The van der Waals surface area contributed by atoms with Crippen LogP contribution in [0.2, 0.25) is 5.02 Å². The minimum atomic E-state index is -5.34. The van der Waals surface area contributed by atoms with E-state index in [-0.39, 0.29) is 45.5 Å². The molecule has 0 radical (unpaired) electrons. The van der Waals surface area contributed by atoms with Crippen molar-refractivity contribution < 1.29 is 35.9 Å². The van der Waals surface area contributed by atoms with Crippen molar-refractivity contribution in [3.05, 3.63) is 88.8 Å². The quantitative estimate of drug-likeness (QED) is 0.297. The lowest BCUT2D eigenvalue weighted by molar-refractivity contribution is -0.142. The van der Waals surface area contributed by atoms with E-state index in [1.54, 1.807) is 6.07 Å². The molecule has 4 aromatic rings. The fourth-order valence-corrected chi connectivity index (χ4v) is 6.09. The Hall–Kier alpha value is -3.37. The van der Waals surface area contributed by atoms with Crippen molar-refractivity contribution in [1.82, 2.24) is 3.97 Å². The number of alkyl halides is 3. The number of benzene rings is 3. The zero-order chi connectivity index (χ0) is 25.5. The summed E-state index contributed by atoms with van der Waals surface area (Å²) < 4.78 is 85.1. The van der Waals surface area contributed by atoms with E-state index in [1.807, 2.05) is 0 Å². The lowest BCUT2D eigenvalue weighted by atomic mass is 10.0. The van der Waals surface area contributed by atoms with Gasteiger partial charge in [-0.05, 0) is 29.7 Å². The molecular weight excluding hydrogens is 510 g/mol. The van der Waals surface area contributed by atoms with Crippen LogP contribution in [-0.2, 0) is 27.4 Å². The molecule has 0 amide bonds. The number of carbonyl (C=O) groups is 1. The molecule has 3 aromatic carbocycles. The Morgan fingerprint density at radius 1 is 1.00 bits per heavy atom. The molecule has 0 saturated heterocycles. The van der Waals surface area contributed by atoms with Gasteiger partial charge in [0.25, 0.3) is 10.0 Å². The zero-order valence-corrected chi connectivity index (χ0v) is 19.3. The first-order chi connectivity index (χ1) is 16.4. The van der Waals surface area contributed by atoms with Gasteiger partial charge in [0.1, 0.15) is 16.3 Å². The van der Waals surface area contributed by atoms with E-state index in [4.69, 9.17) is 16.7 Å². The van der Waals surface area contributed by atoms with E-state index in [9.17, 15) is 30.8 Å². The van der Waals surface area contributed by atoms with Crippen LogP contribution in [0.4, 0.5) is 17.6 Å². The number of fused-ring (bicyclic) bond motifs is 1. The third-order valence-corrected chi connectivity index (χ3v) is 7.48. The molecule has 1 N–H and O–H groups in total. The molecule has 0 saturated carbocycles. The highest BCUT2D eigenvalue weighted by Crippen LogP contribution is 2.43. The first kappa shape index (κ1) is 24.7. The lowest BCUT2D eigenvalue weighted by Crippen LogP contribution is -2.21. The van der Waals surface area contributed by atoms with Crippen LogP contribution in [0.15, 0.2) is 71.8 Å². The Labute approximate surface area is 202 Å². The number of aryl methyl sites for hydroxylation is 1. The molecule has 0 aliphatic carbocycles. The summed E-state index contributed by atoms with van der Waals surface area (Å²) in [5, 5.41) is 9.22. The Morgan fingerprint density at radius 3 is 2.31 bits per heavy atom. The van der Waals surface area contributed by atoms with E-state index < -0.39 is 38.4 Å². The van der Waals surface area contributed by atoms with Crippen molar-refractivity contribution in [3.8, 4) is 11.1 Å². The molecule has 35 heavy (non-hydrogen) atoms. The molecule has 0 aliphatic heterocycles. The summed E-state index contributed by atoms with van der Waals surface area (Å²) in [6.07, 6.45) is -4.75. The second kappa shape index (κ2) is 9.01. The largest absolute Gasteiger partial charge is 0.481 e. The summed E-state index contributed by atoms with van der Waals surface area (Å²) in [5.74, 6) is -2.89. The number of hydrogen-bond acceptors (Lipinski definition) is 3. The fourth-order valence-electron chi connectivity index (χ4n) is 3.94. The molecule has 0 spiro atoms. The van der Waals surface area contributed by atoms with Crippen LogP contribution >= 0.6 is 11.6 Å². The summed E-state index contributed by atoms with van der Waals surface area (Å²) in [5.41, 5.74) is -2.03. The van der Waals surface area contributed by atoms with E-state index in [2.05, 4.69) is 0 Å². The highest BCUT2D eigenvalue weighted by atomic mass is 35.5. The smallest absolute Gasteiger partial charge is 0.420 e. The summed E-state index contributed by atoms with van der Waals surface area (Å²) in [7, 11) is -5.10. The summed E-state index contributed by atoms with van der Waals surface area (Å²) in [6, 6.07) is 13.3. The lowest BCUT2D eigenvalue weighted by Gasteiger charge is -2.19. The second-order valence-electron chi connectivity index (χ2n) is 7.65. The standard InChI is InChI=1S/C24H16ClF4NO4S/c25-18-8-4-7-16-15(9-12-20(31)32)13-30(22(16)18)35(33,34)23-17(14-5-2-1-3-6-14)10-11-19(26)21(23)24(27,28)29/h1-8,10-11,13H,9,12H2,(H,31,32). The van der Waals surface area contributed by atoms with Gasteiger partial charge in [0.05, 0.1) is 10.5 Å². The van der Waals surface area contributed by atoms with Crippen LogP contribution in [0.25, 0.3) is 22.0 Å². The molecule has 182 valence electrons. The Kier molecular flexibility index (Phi) is 6.37. The maximum atomic E-state index is 14.6. The molecule has 11 heteroatoms. The third kappa shape index (κ3) is 4.51. The molecule has 4 rings (SSSR count). The van der Waals surface area contributed by atoms with E-state index in [1.165, 1.54) is 42.5 Å². The van der Waals surface area contributed by atoms with Gasteiger partial charge in [0.2, 0.25) is 0 Å². The van der Waals surface area contributed by atoms with Gasteiger partial charge in [-0.15, -0.1) is 0 Å². The van der Waals surface area contributed by atoms with Crippen LogP contribution in [0, 0.1) is 5.82 Å². The highest BCUT2D eigenvalue weighted by Gasteiger charge is 2.43. The van der Waals surface area contributed by atoms with Crippen molar-refractivity contribution in [3.63, 3.8) is 0 Å². The van der Waals surface area contributed by atoms with Gasteiger partial charge in [-0.2, -0.15) is 13.2 Å². The maximum absolute atomic E-state index is 14.6. The molecule has 0 fully saturated rings. The fraction of sp³-hybridized carbons (Fsp3) is 0.125. The van der Waals surface area contributed by atoms with Crippen LogP contribution < -0.4 is 0 Å². The number of nitrogens with zero attached hydrogens (tertiary/aromatic N) is 1. The average Bonchev–Trinajstić information content (AvgIpc) is 3.18. The predicted octanol–water partition coefficient (Wildman–Crippen LogP) is 6.37. The second-order valence-corrected chi connectivity index (χ2v) is 9.81. The predicted molar refractivity (Wildman–Crippen MR) is 122 cm³/mol. The minimum Gasteiger partial charge on any atom is -0.481 e. The van der Waals surface area contributed by atoms with Crippen LogP contribution in [0.5, 0.6) is 0 Å². The van der Waals surface area contributed by atoms with Gasteiger partial charge in [0, 0.05) is 23.6 Å². The van der Waals surface area contributed by atoms with Gasteiger partial charge >= 0.3 is 12.1 Å². The topological polar surface area (TPSA) is 76.4 Å². The SMILES string of the molecule is O=C(O)CCc1cn(S(=O)(=O)c2c(-c3ccccc3)ccc(F)c2C(F)(F)F)c2c(Cl)cccc12. The Balaban J connectivity index is 2.10. The number of carboxylic acids is 1. The molecule has 0 unspecified atom stereocenters. The maximum Gasteiger partial charge on any atom is 0.420 e. The third-order valence-electron chi connectivity index (χ3n) is 5.43. The van der Waals surface area contributed by atoms with Crippen molar-refractivity contribution in [2.45, 2.75) is 23.9 Å². The first-order valence-electron chi connectivity index (χ1n) is 10.1. The Bertz CT molecular complexity index is 1550. The van der Waals surface area contributed by atoms with Crippen molar-refractivity contribution in [1.29, 1.82) is 0 Å². The first-order valence-corrected chi connectivity index (χ1v) is 12.0. The number of para-hydroxylation sites is 1. The van der Waals surface area contributed by atoms with Gasteiger partial charge in [-0.3, -0.25) is 4.79 Å². The number of carboxylic acid groups (broad SMARTS) is 1. The molecule has 1 aromatic heterocycles. The van der Waals surface area contributed by atoms with Crippen molar-refractivity contribution in [2.24, 2.45) is 0 Å². The van der Waals surface area contributed by atoms with Crippen LogP contribution in [0.1, 0.15) is 17.5 Å². The summed E-state index contributed by atoms with van der Waals surface area (Å²) >= 11 is 6.25. The molecule has 5 nitrogen and oxygen atoms in total. The number of aliphatic carboxylic acids is 1. The van der Waals surface area contributed by atoms with Gasteiger partial charge < -0.3 is 5.11 Å². The normalized spacial score (nSPS) is 12.3. The number of aromatic nitrogens is 1. The van der Waals surface area contributed by atoms with Crippen LogP contribution in [-0.4, -0.2) is 23.5 Å². The van der Waals surface area contributed by atoms with Gasteiger partial charge in [-0.25, -0.2) is 16.8 Å². The number of hydrogen-bond donors (Lipinski definition) is 1. The molecule has 0 aliphatic rings. The molecule has 0 atom stereocenters. The van der Waals surface area contributed by atoms with E-state index in [0.29, 0.717) is 10.0 Å². The van der Waals surface area contributed by atoms with Crippen molar-refractivity contribution in [2.75, 3.05) is 0 Å². The number of rotatable bonds is 6. The highest BCUT2D eigenvalue weighted by molar-refractivity contribution is 7.90. The monoisotopic (exact) mass is 525 g/mol. The molecule has 1 heterocycles. The van der Waals surface area contributed by atoms with E-state index in [0.717, 1.165) is 12.3 Å². The van der Waals surface area contributed by atoms with E-state index >= 15 is 0 Å². The van der Waals surface area contributed by atoms with Gasteiger partial charge in [-0.1, -0.05) is 60.1 Å². The van der Waals surface area contributed by atoms with Gasteiger partial charge in [0.15, 0.2) is 0 Å². The summed E-state index contributed by atoms with van der Waals surface area (Å²) in [4.78, 5) is 9.81. The van der Waals surface area contributed by atoms with Crippen molar-refractivity contribution >= 4 is 38.5 Å². The van der Waals surface area contributed by atoms with Crippen LogP contribution in [0.3, 0.4) is 0 Å². The molecular formula is C24H16ClF4NO4S. The minimum absolute atomic E-state index is 0.0844. The summed E-state index contributed by atoms with van der Waals surface area (Å²) in [6.45, 7) is 0. The zero-order valence-electron chi connectivity index (χ0n) is 17.7. The number of halogens is 5.